The fourth-order valence-corrected chi connectivity index (χ4v) is 1.15. The lowest BCUT2D eigenvalue weighted by Gasteiger charge is -2.07. The topological polar surface area (TPSA) is 60.5 Å². The second-order valence-corrected chi connectivity index (χ2v) is 2.71. The summed E-state index contributed by atoms with van der Waals surface area (Å²) in [7, 11) is 0. The summed E-state index contributed by atoms with van der Waals surface area (Å²) in [6.45, 7) is 0. The van der Waals surface area contributed by atoms with Crippen LogP contribution in [0.3, 0.4) is 0 Å². The summed E-state index contributed by atoms with van der Waals surface area (Å²) in [5, 5.41) is 17.1. The van der Waals surface area contributed by atoms with Crippen LogP contribution >= 0.6 is 0 Å². The Kier molecular flexibility index (Phi) is 3.47. The van der Waals surface area contributed by atoms with Gasteiger partial charge in [-0.2, -0.15) is 10.5 Å². The van der Waals surface area contributed by atoms with Crippen LogP contribution < -0.4 is 0 Å². The molecule has 0 fully saturated rings. The standard InChI is InChI=1S/C10H9N3/c11-5-3-9(4-6-12)10-2-1-7-13-8-10/h1-2,7-9H,3-4H2. The van der Waals surface area contributed by atoms with E-state index < -0.39 is 0 Å². The molecule has 1 aromatic heterocycles. The Hall–Kier alpha value is -1.87. The summed E-state index contributed by atoms with van der Waals surface area (Å²) >= 11 is 0. The molecule has 0 bridgehead atoms. The van der Waals surface area contributed by atoms with E-state index in [-0.39, 0.29) is 5.92 Å². The zero-order valence-electron chi connectivity index (χ0n) is 7.14. The molecule has 0 amide bonds. The van der Waals surface area contributed by atoms with Crippen LogP contribution in [0.1, 0.15) is 24.3 Å². The van der Waals surface area contributed by atoms with Gasteiger partial charge in [0.1, 0.15) is 0 Å². The van der Waals surface area contributed by atoms with Gasteiger partial charge in [0, 0.05) is 31.2 Å². The summed E-state index contributed by atoms with van der Waals surface area (Å²) < 4.78 is 0. The first-order chi connectivity index (χ1) is 6.38. The lowest BCUT2D eigenvalue weighted by Crippen LogP contribution is -1.96. The highest BCUT2D eigenvalue weighted by Gasteiger charge is 2.09. The summed E-state index contributed by atoms with van der Waals surface area (Å²) in [5.74, 6) is 0.00343. The molecule has 0 atom stereocenters. The van der Waals surface area contributed by atoms with E-state index in [2.05, 4.69) is 17.1 Å². The molecule has 0 aromatic carbocycles. The van der Waals surface area contributed by atoms with Crippen molar-refractivity contribution in [2.75, 3.05) is 0 Å². The maximum atomic E-state index is 8.54. The molecule has 0 aliphatic heterocycles. The van der Waals surface area contributed by atoms with Gasteiger partial charge in [-0.3, -0.25) is 4.98 Å². The van der Waals surface area contributed by atoms with Gasteiger partial charge in [-0.25, -0.2) is 0 Å². The second kappa shape index (κ2) is 4.90. The van der Waals surface area contributed by atoms with Crippen LogP contribution in [0.5, 0.6) is 0 Å². The molecule has 1 aromatic rings. The van der Waals surface area contributed by atoms with E-state index in [1.807, 2.05) is 12.1 Å². The maximum Gasteiger partial charge on any atom is 0.0628 e. The molecule has 1 heterocycles. The van der Waals surface area contributed by atoms with Crippen molar-refractivity contribution in [1.29, 1.82) is 10.5 Å². The van der Waals surface area contributed by atoms with Gasteiger partial charge < -0.3 is 0 Å². The van der Waals surface area contributed by atoms with Crippen molar-refractivity contribution in [2.24, 2.45) is 0 Å². The quantitative estimate of drug-likeness (QED) is 0.698. The van der Waals surface area contributed by atoms with E-state index in [4.69, 9.17) is 10.5 Å². The Bertz CT molecular complexity index is 315. The average Bonchev–Trinajstić information content (AvgIpc) is 2.19. The number of hydrogen-bond acceptors (Lipinski definition) is 3. The van der Waals surface area contributed by atoms with Crippen LogP contribution in [-0.4, -0.2) is 4.98 Å². The minimum atomic E-state index is 0.00343. The maximum absolute atomic E-state index is 8.54. The first-order valence-corrected chi connectivity index (χ1v) is 4.02. The van der Waals surface area contributed by atoms with E-state index in [1.54, 1.807) is 12.4 Å². The highest BCUT2D eigenvalue weighted by atomic mass is 14.6. The van der Waals surface area contributed by atoms with Gasteiger partial charge >= 0.3 is 0 Å². The lowest BCUT2D eigenvalue weighted by molar-refractivity contribution is 0.722. The van der Waals surface area contributed by atoms with E-state index in [0.29, 0.717) is 12.8 Å². The summed E-state index contributed by atoms with van der Waals surface area (Å²) in [6.07, 6.45) is 4.14. The van der Waals surface area contributed by atoms with Crippen molar-refractivity contribution in [3.05, 3.63) is 30.1 Å². The molecule has 0 radical (unpaired) electrons. The van der Waals surface area contributed by atoms with Crippen LogP contribution in [-0.2, 0) is 0 Å². The third-order valence-corrected chi connectivity index (χ3v) is 1.83. The molecule has 0 saturated carbocycles. The predicted molar refractivity (Wildman–Crippen MR) is 47.4 cm³/mol. The minimum absolute atomic E-state index is 0.00343. The molecule has 0 aliphatic carbocycles. The van der Waals surface area contributed by atoms with Gasteiger partial charge in [0.2, 0.25) is 0 Å². The Morgan fingerprint density at radius 2 is 2.00 bits per heavy atom. The largest absolute Gasteiger partial charge is 0.264 e. The van der Waals surface area contributed by atoms with Crippen LogP contribution in [0.2, 0.25) is 0 Å². The molecule has 3 nitrogen and oxygen atoms in total. The van der Waals surface area contributed by atoms with Gasteiger partial charge in [0.25, 0.3) is 0 Å². The lowest BCUT2D eigenvalue weighted by atomic mass is 9.95. The number of pyridine rings is 1. The SMILES string of the molecule is N#CCC(CC#N)c1cccnc1. The van der Waals surface area contributed by atoms with Crippen LogP contribution in [0.25, 0.3) is 0 Å². The highest BCUT2D eigenvalue weighted by Crippen LogP contribution is 2.21. The van der Waals surface area contributed by atoms with Crippen molar-refractivity contribution in [1.82, 2.24) is 4.98 Å². The minimum Gasteiger partial charge on any atom is -0.264 e. The Morgan fingerprint density at radius 1 is 1.31 bits per heavy atom. The fourth-order valence-electron chi connectivity index (χ4n) is 1.15. The molecular weight excluding hydrogens is 162 g/mol. The summed E-state index contributed by atoms with van der Waals surface area (Å²) in [5.41, 5.74) is 0.964. The summed E-state index contributed by atoms with van der Waals surface area (Å²) in [4.78, 5) is 3.95. The number of aromatic nitrogens is 1. The van der Waals surface area contributed by atoms with Gasteiger partial charge in [0.15, 0.2) is 0 Å². The van der Waals surface area contributed by atoms with Gasteiger partial charge in [-0.1, -0.05) is 6.07 Å². The normalized spacial score (nSPS) is 9.15. The first kappa shape index (κ1) is 9.22. The number of nitriles is 2. The number of nitrogens with zero attached hydrogens (tertiary/aromatic N) is 3. The Balaban J connectivity index is 2.78. The van der Waals surface area contributed by atoms with E-state index >= 15 is 0 Å². The highest BCUT2D eigenvalue weighted by molar-refractivity contribution is 5.17. The zero-order valence-corrected chi connectivity index (χ0v) is 7.14. The molecule has 0 spiro atoms. The monoisotopic (exact) mass is 171 g/mol. The van der Waals surface area contributed by atoms with Crippen molar-refractivity contribution in [3.8, 4) is 12.1 Å². The first-order valence-electron chi connectivity index (χ1n) is 4.02. The summed E-state index contributed by atoms with van der Waals surface area (Å²) in [6, 6.07) is 7.86. The molecule has 64 valence electrons. The van der Waals surface area contributed by atoms with Gasteiger partial charge in [0.05, 0.1) is 12.1 Å². The van der Waals surface area contributed by atoms with Crippen molar-refractivity contribution in [2.45, 2.75) is 18.8 Å². The Morgan fingerprint density at radius 3 is 2.46 bits per heavy atom. The van der Waals surface area contributed by atoms with Gasteiger partial charge in [-0.05, 0) is 11.6 Å². The molecule has 13 heavy (non-hydrogen) atoms. The number of hydrogen-bond donors (Lipinski definition) is 0. The molecule has 0 aliphatic rings. The molecule has 3 heteroatoms. The van der Waals surface area contributed by atoms with Crippen molar-refractivity contribution >= 4 is 0 Å². The van der Waals surface area contributed by atoms with Gasteiger partial charge in [-0.15, -0.1) is 0 Å². The third kappa shape index (κ3) is 2.57. The van der Waals surface area contributed by atoms with Crippen LogP contribution in [0.15, 0.2) is 24.5 Å². The second-order valence-electron chi connectivity index (χ2n) is 2.71. The molecule has 0 unspecified atom stereocenters. The molecule has 1 rings (SSSR count). The molecular formula is C10H9N3. The Labute approximate surface area is 77.3 Å². The fraction of sp³-hybridized carbons (Fsp3) is 0.300. The number of rotatable bonds is 3. The van der Waals surface area contributed by atoms with E-state index in [9.17, 15) is 0 Å². The van der Waals surface area contributed by atoms with Crippen molar-refractivity contribution < 1.29 is 0 Å². The molecule has 0 N–H and O–H groups in total. The van der Waals surface area contributed by atoms with E-state index in [1.165, 1.54) is 0 Å². The van der Waals surface area contributed by atoms with Crippen LogP contribution in [0.4, 0.5) is 0 Å². The van der Waals surface area contributed by atoms with Crippen LogP contribution in [0, 0.1) is 22.7 Å². The zero-order chi connectivity index (χ0) is 9.52. The smallest absolute Gasteiger partial charge is 0.0628 e. The third-order valence-electron chi connectivity index (χ3n) is 1.83. The van der Waals surface area contributed by atoms with Crippen molar-refractivity contribution in [3.63, 3.8) is 0 Å². The van der Waals surface area contributed by atoms with E-state index in [0.717, 1.165) is 5.56 Å². The molecule has 0 saturated heterocycles. The average molecular weight is 171 g/mol. The predicted octanol–water partition coefficient (Wildman–Crippen LogP) is 1.99.